The molecule has 2 atom stereocenters. The molecule has 0 radical (unpaired) electrons. The van der Waals surface area contributed by atoms with Gasteiger partial charge in [0.05, 0.1) is 0 Å². The van der Waals surface area contributed by atoms with Crippen LogP contribution in [-0.4, -0.2) is 35.0 Å². The van der Waals surface area contributed by atoms with Crippen molar-refractivity contribution in [3.05, 3.63) is 35.9 Å². The van der Waals surface area contributed by atoms with E-state index in [1.807, 2.05) is 12.3 Å². The Balaban J connectivity index is 2.64. The smallest absolute Gasteiger partial charge is 0.326 e. The number of nitrogens with two attached hydrogens (primary N) is 1. The average molecular weight is 282 g/mol. The summed E-state index contributed by atoms with van der Waals surface area (Å²) >= 11 is 1.53. The Kier molecular flexibility index (Phi) is 6.38. The second-order valence-corrected chi connectivity index (χ2v) is 5.05. The third kappa shape index (κ3) is 4.92. The molecule has 1 aromatic carbocycles. The summed E-state index contributed by atoms with van der Waals surface area (Å²) in [5.74, 6) is -0.847. The second kappa shape index (κ2) is 7.81. The van der Waals surface area contributed by atoms with Crippen LogP contribution in [0.2, 0.25) is 0 Å². The van der Waals surface area contributed by atoms with Crippen molar-refractivity contribution < 1.29 is 14.7 Å². The fourth-order valence-electron chi connectivity index (χ4n) is 1.57. The van der Waals surface area contributed by atoms with Crippen LogP contribution in [0.5, 0.6) is 0 Å². The highest BCUT2D eigenvalue weighted by Crippen LogP contribution is 2.10. The Morgan fingerprint density at radius 3 is 2.53 bits per heavy atom. The molecule has 0 aliphatic rings. The highest BCUT2D eigenvalue weighted by molar-refractivity contribution is 7.98. The van der Waals surface area contributed by atoms with E-state index in [4.69, 9.17) is 10.8 Å². The number of carboxylic acids is 1. The van der Waals surface area contributed by atoms with E-state index in [9.17, 15) is 9.59 Å². The van der Waals surface area contributed by atoms with Crippen LogP contribution in [0.3, 0.4) is 0 Å². The zero-order valence-electron chi connectivity index (χ0n) is 10.7. The van der Waals surface area contributed by atoms with Crippen LogP contribution in [0.4, 0.5) is 0 Å². The first kappa shape index (κ1) is 15.5. The predicted octanol–water partition coefficient (Wildman–Crippen LogP) is 1.01. The lowest BCUT2D eigenvalue weighted by Crippen LogP contribution is -2.45. The molecule has 6 heteroatoms. The van der Waals surface area contributed by atoms with Crippen molar-refractivity contribution in [3.63, 3.8) is 0 Å². The van der Waals surface area contributed by atoms with E-state index in [0.29, 0.717) is 17.7 Å². The molecular formula is C13H18N2O3S. The van der Waals surface area contributed by atoms with E-state index in [0.717, 1.165) is 0 Å². The van der Waals surface area contributed by atoms with Crippen LogP contribution < -0.4 is 11.1 Å². The molecule has 0 bridgehead atoms. The molecule has 0 saturated heterocycles. The molecule has 0 aliphatic heterocycles. The number of thioether (sulfide) groups is 1. The molecule has 4 N–H and O–H groups in total. The Morgan fingerprint density at radius 2 is 2.00 bits per heavy atom. The summed E-state index contributed by atoms with van der Waals surface area (Å²) in [5.41, 5.74) is 6.47. The molecule has 0 aliphatic carbocycles. The van der Waals surface area contributed by atoms with Gasteiger partial charge >= 0.3 is 5.97 Å². The topological polar surface area (TPSA) is 92.4 Å². The number of aliphatic carboxylic acids is 1. The molecular weight excluding hydrogens is 264 g/mol. The predicted molar refractivity (Wildman–Crippen MR) is 75.9 cm³/mol. The Labute approximate surface area is 116 Å². The quantitative estimate of drug-likeness (QED) is 0.694. The average Bonchev–Trinajstić information content (AvgIpc) is 2.43. The number of carbonyl (C=O) groups is 2. The third-order valence-corrected chi connectivity index (χ3v) is 3.31. The molecule has 0 saturated carbocycles. The van der Waals surface area contributed by atoms with Gasteiger partial charge in [-0.2, -0.15) is 11.8 Å². The normalized spacial score (nSPS) is 13.6. The first-order valence-corrected chi connectivity index (χ1v) is 7.28. The lowest BCUT2D eigenvalue weighted by Gasteiger charge is -2.17. The van der Waals surface area contributed by atoms with Crippen LogP contribution in [-0.2, 0) is 9.59 Å². The second-order valence-electron chi connectivity index (χ2n) is 4.07. The molecule has 19 heavy (non-hydrogen) atoms. The minimum atomic E-state index is -1.04. The molecule has 0 heterocycles. The first-order valence-electron chi connectivity index (χ1n) is 5.89. The maximum absolute atomic E-state index is 11.9. The van der Waals surface area contributed by atoms with Crippen molar-refractivity contribution in [2.75, 3.05) is 12.0 Å². The zero-order valence-corrected chi connectivity index (χ0v) is 11.5. The molecule has 1 rings (SSSR count). The van der Waals surface area contributed by atoms with Gasteiger partial charge in [-0.3, -0.25) is 4.79 Å². The van der Waals surface area contributed by atoms with Crippen LogP contribution in [0.15, 0.2) is 30.3 Å². The minimum absolute atomic E-state index is 0.379. The maximum atomic E-state index is 11.9. The van der Waals surface area contributed by atoms with Crippen molar-refractivity contribution >= 4 is 23.6 Å². The number of amides is 1. The first-order chi connectivity index (χ1) is 9.06. The number of benzene rings is 1. The van der Waals surface area contributed by atoms with Gasteiger partial charge in [-0.05, 0) is 24.0 Å². The Hall–Kier alpha value is -1.53. The van der Waals surface area contributed by atoms with Gasteiger partial charge in [-0.15, -0.1) is 0 Å². The van der Waals surface area contributed by atoms with E-state index < -0.39 is 24.0 Å². The molecule has 0 aromatic heterocycles. The number of hydrogen-bond acceptors (Lipinski definition) is 4. The van der Waals surface area contributed by atoms with Gasteiger partial charge in [0.25, 0.3) is 0 Å². The Bertz CT molecular complexity index is 425. The summed E-state index contributed by atoms with van der Waals surface area (Å²) < 4.78 is 0. The van der Waals surface area contributed by atoms with Gasteiger partial charge in [-0.1, -0.05) is 30.3 Å². The van der Waals surface area contributed by atoms with Crippen molar-refractivity contribution in [2.24, 2.45) is 5.73 Å². The number of rotatable bonds is 7. The highest BCUT2D eigenvalue weighted by atomic mass is 32.2. The van der Waals surface area contributed by atoms with Crippen LogP contribution in [0.1, 0.15) is 18.0 Å². The summed E-state index contributed by atoms with van der Waals surface area (Å²) in [6.45, 7) is 0. The summed E-state index contributed by atoms with van der Waals surface area (Å²) in [6, 6.07) is 7.12. The summed E-state index contributed by atoms with van der Waals surface area (Å²) in [6.07, 6.45) is 2.26. The van der Waals surface area contributed by atoms with Crippen LogP contribution >= 0.6 is 11.8 Å². The Morgan fingerprint density at radius 1 is 1.37 bits per heavy atom. The molecule has 104 valence electrons. The summed E-state index contributed by atoms with van der Waals surface area (Å²) in [5, 5.41) is 11.5. The zero-order chi connectivity index (χ0) is 14.3. The standard InChI is InChI=1S/C13H18N2O3S/c1-19-8-7-10(13(17)18)15-12(16)11(14)9-5-3-2-4-6-9/h2-6,10-11H,7-8,14H2,1H3,(H,15,16)(H,17,18)/t10-,11-/m0/s1. The molecule has 1 aromatic rings. The SMILES string of the molecule is CSCC[C@H](NC(=O)[C@@H](N)c1ccccc1)C(=O)O. The van der Waals surface area contributed by atoms with Crippen molar-refractivity contribution in [1.82, 2.24) is 5.32 Å². The monoisotopic (exact) mass is 282 g/mol. The number of carbonyl (C=O) groups excluding carboxylic acids is 1. The van der Waals surface area contributed by atoms with Gasteiger partial charge in [0.1, 0.15) is 12.1 Å². The van der Waals surface area contributed by atoms with Crippen molar-refractivity contribution in [2.45, 2.75) is 18.5 Å². The van der Waals surface area contributed by atoms with E-state index in [2.05, 4.69) is 5.32 Å². The van der Waals surface area contributed by atoms with Crippen LogP contribution in [0, 0.1) is 0 Å². The molecule has 0 spiro atoms. The van der Waals surface area contributed by atoms with E-state index in [1.54, 1.807) is 24.3 Å². The van der Waals surface area contributed by atoms with Gasteiger partial charge in [0.15, 0.2) is 0 Å². The largest absolute Gasteiger partial charge is 0.480 e. The van der Waals surface area contributed by atoms with E-state index in [1.165, 1.54) is 11.8 Å². The molecule has 0 unspecified atom stereocenters. The third-order valence-electron chi connectivity index (χ3n) is 2.67. The van der Waals surface area contributed by atoms with Crippen molar-refractivity contribution in [3.8, 4) is 0 Å². The number of hydrogen-bond donors (Lipinski definition) is 3. The van der Waals surface area contributed by atoms with Gasteiger partial charge in [0.2, 0.25) is 5.91 Å². The summed E-state index contributed by atoms with van der Waals surface area (Å²) in [4.78, 5) is 23.0. The molecule has 1 amide bonds. The maximum Gasteiger partial charge on any atom is 0.326 e. The number of carboxylic acid groups (broad SMARTS) is 1. The van der Waals surface area contributed by atoms with Gasteiger partial charge < -0.3 is 16.2 Å². The minimum Gasteiger partial charge on any atom is -0.480 e. The van der Waals surface area contributed by atoms with E-state index >= 15 is 0 Å². The van der Waals surface area contributed by atoms with E-state index in [-0.39, 0.29) is 0 Å². The lowest BCUT2D eigenvalue weighted by atomic mass is 10.1. The highest BCUT2D eigenvalue weighted by Gasteiger charge is 2.23. The molecule has 5 nitrogen and oxygen atoms in total. The van der Waals surface area contributed by atoms with Crippen molar-refractivity contribution in [1.29, 1.82) is 0 Å². The molecule has 0 fully saturated rings. The fourth-order valence-corrected chi connectivity index (χ4v) is 2.04. The lowest BCUT2D eigenvalue weighted by molar-refractivity contribution is -0.142. The fraction of sp³-hybridized carbons (Fsp3) is 0.385. The van der Waals surface area contributed by atoms with Gasteiger partial charge in [0, 0.05) is 0 Å². The van der Waals surface area contributed by atoms with Gasteiger partial charge in [-0.25, -0.2) is 4.79 Å². The summed E-state index contributed by atoms with van der Waals surface area (Å²) in [7, 11) is 0. The van der Waals surface area contributed by atoms with Crippen LogP contribution in [0.25, 0.3) is 0 Å². The number of nitrogens with one attached hydrogen (secondary N) is 1.